The minimum atomic E-state index is -1.05. The van der Waals surface area contributed by atoms with Gasteiger partial charge in [0.05, 0.1) is 10.6 Å². The minimum absolute atomic E-state index is 0.0802. The molecule has 0 radical (unpaired) electrons. The quantitative estimate of drug-likeness (QED) is 0.600. The Kier molecular flexibility index (Phi) is 5.77. The molecule has 5 heteroatoms. The summed E-state index contributed by atoms with van der Waals surface area (Å²) >= 11 is 5.89. The largest absolute Gasteiger partial charge is 0.489 e. The Bertz CT molecular complexity index is 897. The van der Waals surface area contributed by atoms with Crippen LogP contribution in [0.5, 0.6) is 5.75 Å². The van der Waals surface area contributed by atoms with E-state index in [1.807, 2.05) is 54.6 Å². The van der Waals surface area contributed by atoms with Crippen LogP contribution in [-0.2, 0) is 13.2 Å². The fourth-order valence-electron chi connectivity index (χ4n) is 2.49. The predicted octanol–water partition coefficient (Wildman–Crippen LogP) is 5.23. The second-order valence-electron chi connectivity index (χ2n) is 5.78. The van der Waals surface area contributed by atoms with Gasteiger partial charge in [-0.3, -0.25) is 0 Å². The van der Waals surface area contributed by atoms with Gasteiger partial charge in [0, 0.05) is 12.2 Å². The van der Waals surface area contributed by atoms with E-state index in [-0.39, 0.29) is 10.6 Å². The van der Waals surface area contributed by atoms with Crippen molar-refractivity contribution < 1.29 is 14.6 Å². The Morgan fingerprint density at radius 2 is 1.73 bits per heavy atom. The van der Waals surface area contributed by atoms with E-state index in [1.54, 1.807) is 12.1 Å². The Balaban J connectivity index is 1.62. The summed E-state index contributed by atoms with van der Waals surface area (Å²) in [6, 6.07) is 22.6. The van der Waals surface area contributed by atoms with Crippen molar-refractivity contribution in [3.63, 3.8) is 0 Å². The standard InChI is InChI=1S/C21H18ClNO3/c22-20-10-9-17(12-19(20)21(24)25)23-13-16-7-4-8-18(11-16)26-14-15-5-2-1-3-6-15/h1-12,23H,13-14H2,(H,24,25). The number of rotatable bonds is 7. The van der Waals surface area contributed by atoms with Gasteiger partial charge >= 0.3 is 5.97 Å². The smallest absolute Gasteiger partial charge is 0.337 e. The first kappa shape index (κ1) is 17.8. The zero-order valence-electron chi connectivity index (χ0n) is 14.0. The first-order valence-corrected chi connectivity index (χ1v) is 8.52. The van der Waals surface area contributed by atoms with Crippen molar-refractivity contribution >= 4 is 23.3 Å². The van der Waals surface area contributed by atoms with Crippen molar-refractivity contribution in [2.24, 2.45) is 0 Å². The van der Waals surface area contributed by atoms with Crippen molar-refractivity contribution in [2.75, 3.05) is 5.32 Å². The molecule has 0 saturated heterocycles. The van der Waals surface area contributed by atoms with Gasteiger partial charge in [-0.25, -0.2) is 4.79 Å². The third-order valence-corrected chi connectivity index (χ3v) is 4.17. The summed E-state index contributed by atoms with van der Waals surface area (Å²) in [6.07, 6.45) is 0. The Morgan fingerprint density at radius 1 is 0.962 bits per heavy atom. The molecule has 3 aromatic rings. The Labute approximate surface area is 157 Å². The van der Waals surface area contributed by atoms with Gasteiger partial charge in [0.1, 0.15) is 12.4 Å². The van der Waals surface area contributed by atoms with Gasteiger partial charge in [0.15, 0.2) is 0 Å². The lowest BCUT2D eigenvalue weighted by Crippen LogP contribution is -2.03. The summed E-state index contributed by atoms with van der Waals surface area (Å²) in [5.41, 5.74) is 2.92. The summed E-state index contributed by atoms with van der Waals surface area (Å²) in [5.74, 6) is -0.259. The molecule has 26 heavy (non-hydrogen) atoms. The number of hydrogen-bond donors (Lipinski definition) is 2. The normalized spacial score (nSPS) is 10.3. The Morgan fingerprint density at radius 3 is 2.50 bits per heavy atom. The minimum Gasteiger partial charge on any atom is -0.489 e. The fourth-order valence-corrected chi connectivity index (χ4v) is 2.69. The van der Waals surface area contributed by atoms with Crippen LogP contribution >= 0.6 is 11.6 Å². The van der Waals surface area contributed by atoms with E-state index in [2.05, 4.69) is 5.32 Å². The molecule has 0 heterocycles. The molecule has 0 bridgehead atoms. The number of hydrogen-bond acceptors (Lipinski definition) is 3. The lowest BCUT2D eigenvalue weighted by atomic mass is 10.1. The van der Waals surface area contributed by atoms with Gasteiger partial charge < -0.3 is 15.2 Å². The van der Waals surface area contributed by atoms with E-state index in [0.29, 0.717) is 18.8 Å². The maximum Gasteiger partial charge on any atom is 0.337 e. The highest BCUT2D eigenvalue weighted by atomic mass is 35.5. The molecule has 0 atom stereocenters. The number of benzene rings is 3. The van der Waals surface area contributed by atoms with Crippen molar-refractivity contribution in [2.45, 2.75) is 13.2 Å². The van der Waals surface area contributed by atoms with E-state index < -0.39 is 5.97 Å². The van der Waals surface area contributed by atoms with Crippen molar-refractivity contribution in [1.82, 2.24) is 0 Å². The molecule has 0 spiro atoms. The lowest BCUT2D eigenvalue weighted by Gasteiger charge is -2.11. The molecule has 0 aliphatic rings. The van der Waals surface area contributed by atoms with Gasteiger partial charge in [-0.2, -0.15) is 0 Å². The number of carboxylic acid groups (broad SMARTS) is 1. The molecule has 4 nitrogen and oxygen atoms in total. The highest BCUT2D eigenvalue weighted by molar-refractivity contribution is 6.33. The molecule has 132 valence electrons. The molecule has 0 aromatic heterocycles. The third-order valence-electron chi connectivity index (χ3n) is 3.84. The van der Waals surface area contributed by atoms with Crippen LogP contribution in [0.2, 0.25) is 5.02 Å². The van der Waals surface area contributed by atoms with Gasteiger partial charge in [0.2, 0.25) is 0 Å². The van der Waals surface area contributed by atoms with Crippen LogP contribution in [-0.4, -0.2) is 11.1 Å². The van der Waals surface area contributed by atoms with Crippen LogP contribution in [0.1, 0.15) is 21.5 Å². The van der Waals surface area contributed by atoms with E-state index in [0.717, 1.165) is 16.9 Å². The highest BCUT2D eigenvalue weighted by Crippen LogP contribution is 2.22. The van der Waals surface area contributed by atoms with Crippen molar-refractivity contribution in [3.8, 4) is 5.75 Å². The second kappa shape index (κ2) is 8.41. The molecule has 0 saturated carbocycles. The first-order valence-electron chi connectivity index (χ1n) is 8.14. The molecule has 0 aliphatic carbocycles. The maximum atomic E-state index is 11.2. The number of ether oxygens (including phenoxy) is 1. The molecular formula is C21H18ClNO3. The number of halogens is 1. The zero-order chi connectivity index (χ0) is 18.4. The average molecular weight is 368 g/mol. The Hall–Kier alpha value is -2.98. The highest BCUT2D eigenvalue weighted by Gasteiger charge is 2.09. The number of carboxylic acids is 1. The number of anilines is 1. The zero-order valence-corrected chi connectivity index (χ0v) is 14.7. The molecule has 3 rings (SSSR count). The maximum absolute atomic E-state index is 11.2. The SMILES string of the molecule is O=C(O)c1cc(NCc2cccc(OCc3ccccc3)c2)ccc1Cl. The monoisotopic (exact) mass is 367 g/mol. The molecule has 0 fully saturated rings. The van der Waals surface area contributed by atoms with Crippen molar-refractivity contribution in [3.05, 3.63) is 94.5 Å². The fraction of sp³-hybridized carbons (Fsp3) is 0.0952. The third kappa shape index (κ3) is 4.77. The van der Waals surface area contributed by atoms with Gasteiger partial charge in [-0.05, 0) is 41.5 Å². The molecule has 3 aromatic carbocycles. The average Bonchev–Trinajstić information content (AvgIpc) is 2.67. The van der Waals surface area contributed by atoms with E-state index in [4.69, 9.17) is 21.4 Å². The van der Waals surface area contributed by atoms with Crippen LogP contribution in [0, 0.1) is 0 Å². The number of aromatic carboxylic acids is 1. The van der Waals surface area contributed by atoms with Crippen LogP contribution in [0.15, 0.2) is 72.8 Å². The van der Waals surface area contributed by atoms with E-state index >= 15 is 0 Å². The van der Waals surface area contributed by atoms with Crippen LogP contribution in [0.4, 0.5) is 5.69 Å². The number of nitrogens with one attached hydrogen (secondary N) is 1. The summed E-state index contributed by atoms with van der Waals surface area (Å²) in [4.78, 5) is 11.2. The molecule has 0 unspecified atom stereocenters. The topological polar surface area (TPSA) is 58.6 Å². The lowest BCUT2D eigenvalue weighted by molar-refractivity contribution is 0.0697. The van der Waals surface area contributed by atoms with Crippen LogP contribution in [0.25, 0.3) is 0 Å². The van der Waals surface area contributed by atoms with Gasteiger partial charge in [-0.15, -0.1) is 0 Å². The molecular weight excluding hydrogens is 350 g/mol. The molecule has 2 N–H and O–H groups in total. The predicted molar refractivity (Wildman–Crippen MR) is 103 cm³/mol. The van der Waals surface area contributed by atoms with Crippen molar-refractivity contribution in [1.29, 1.82) is 0 Å². The molecule has 0 amide bonds. The molecule has 0 aliphatic heterocycles. The van der Waals surface area contributed by atoms with Gasteiger partial charge in [0.25, 0.3) is 0 Å². The van der Waals surface area contributed by atoms with Crippen LogP contribution < -0.4 is 10.1 Å². The summed E-state index contributed by atoms with van der Waals surface area (Å²) in [6.45, 7) is 1.06. The summed E-state index contributed by atoms with van der Waals surface area (Å²) < 4.78 is 5.83. The summed E-state index contributed by atoms with van der Waals surface area (Å²) in [7, 11) is 0. The van der Waals surface area contributed by atoms with E-state index in [9.17, 15) is 4.79 Å². The summed E-state index contributed by atoms with van der Waals surface area (Å²) in [5, 5.41) is 12.6. The van der Waals surface area contributed by atoms with E-state index in [1.165, 1.54) is 6.07 Å². The number of carbonyl (C=O) groups is 1. The van der Waals surface area contributed by atoms with Gasteiger partial charge in [-0.1, -0.05) is 54.1 Å². The second-order valence-corrected chi connectivity index (χ2v) is 6.18. The first-order chi connectivity index (χ1) is 12.6. The van der Waals surface area contributed by atoms with Crippen LogP contribution in [0.3, 0.4) is 0 Å².